The lowest BCUT2D eigenvalue weighted by Crippen LogP contribution is -2.27. The number of fused-ring (bicyclic) bond motifs is 1. The topological polar surface area (TPSA) is 56.8 Å². The van der Waals surface area contributed by atoms with Crippen LogP contribution in [0, 0.1) is 0 Å². The van der Waals surface area contributed by atoms with E-state index >= 15 is 0 Å². The molecule has 0 radical (unpaired) electrons. The second-order valence-corrected chi connectivity index (χ2v) is 5.49. The number of hydrogen-bond donors (Lipinski definition) is 1. The van der Waals surface area contributed by atoms with Gasteiger partial charge in [-0.25, -0.2) is 0 Å². The molecule has 126 valence electrons. The zero-order chi connectivity index (χ0) is 16.6. The molecule has 1 aliphatic rings. The number of carbonyl (C=O) groups excluding carboxylic acids is 1. The Bertz CT molecular complexity index is 672. The Hall–Kier alpha value is -2.69. The van der Waals surface area contributed by atoms with Gasteiger partial charge in [0.05, 0.1) is 13.0 Å². The third-order valence-corrected chi connectivity index (χ3v) is 3.68. The van der Waals surface area contributed by atoms with Crippen molar-refractivity contribution in [1.29, 1.82) is 0 Å². The van der Waals surface area contributed by atoms with E-state index in [4.69, 9.17) is 14.2 Å². The minimum absolute atomic E-state index is 0.0107. The number of amides is 1. The molecule has 0 saturated carbocycles. The summed E-state index contributed by atoms with van der Waals surface area (Å²) in [7, 11) is 0. The van der Waals surface area contributed by atoms with Crippen molar-refractivity contribution in [3.05, 3.63) is 54.1 Å². The number of hydrogen-bond acceptors (Lipinski definition) is 4. The lowest BCUT2D eigenvalue weighted by molar-refractivity contribution is -0.121. The van der Waals surface area contributed by atoms with E-state index in [1.54, 1.807) is 0 Å². The Morgan fingerprint density at radius 2 is 1.83 bits per heavy atom. The summed E-state index contributed by atoms with van der Waals surface area (Å²) in [5, 5.41) is 2.91. The molecular formula is C19H21NO4. The van der Waals surface area contributed by atoms with Crippen molar-refractivity contribution >= 4 is 5.91 Å². The molecule has 0 aliphatic carbocycles. The highest BCUT2D eigenvalue weighted by Crippen LogP contribution is 2.30. The summed E-state index contributed by atoms with van der Waals surface area (Å²) in [6, 6.07) is 15.4. The molecule has 5 heteroatoms. The highest BCUT2D eigenvalue weighted by molar-refractivity contribution is 5.76. The van der Waals surface area contributed by atoms with Gasteiger partial charge in [0.25, 0.3) is 0 Å². The van der Waals surface area contributed by atoms with E-state index in [-0.39, 0.29) is 5.91 Å². The van der Waals surface area contributed by atoms with Crippen LogP contribution in [0.25, 0.3) is 0 Å². The third-order valence-electron chi connectivity index (χ3n) is 3.68. The molecule has 0 bridgehead atoms. The molecule has 1 N–H and O–H groups in total. The van der Waals surface area contributed by atoms with Crippen LogP contribution in [0.5, 0.6) is 17.2 Å². The zero-order valence-electron chi connectivity index (χ0n) is 13.5. The van der Waals surface area contributed by atoms with Gasteiger partial charge in [0.1, 0.15) is 19.0 Å². The summed E-state index contributed by atoms with van der Waals surface area (Å²) in [4.78, 5) is 11.8. The molecule has 0 atom stereocenters. The molecule has 0 aromatic heterocycles. The van der Waals surface area contributed by atoms with Gasteiger partial charge in [-0.15, -0.1) is 0 Å². The summed E-state index contributed by atoms with van der Waals surface area (Å²) in [5.74, 6) is 2.33. The molecule has 0 saturated heterocycles. The summed E-state index contributed by atoms with van der Waals surface area (Å²) in [5.41, 5.74) is 1.11. The maximum atomic E-state index is 11.8. The van der Waals surface area contributed by atoms with Crippen LogP contribution in [-0.4, -0.2) is 32.3 Å². The fourth-order valence-electron chi connectivity index (χ4n) is 2.46. The number of ether oxygens (including phenoxy) is 3. The third kappa shape index (κ3) is 4.65. The standard InChI is InChI=1S/C19H21NO4/c21-19(9-11-22-16-4-2-1-3-5-16)20-10-8-15-6-7-17-18(14-15)24-13-12-23-17/h1-7,14H,8-13H2,(H,20,21). The van der Waals surface area contributed by atoms with Crippen molar-refractivity contribution in [2.75, 3.05) is 26.4 Å². The molecular weight excluding hydrogens is 306 g/mol. The molecule has 0 spiro atoms. The molecule has 5 nitrogen and oxygen atoms in total. The van der Waals surface area contributed by atoms with Crippen molar-refractivity contribution in [1.82, 2.24) is 5.32 Å². The van der Waals surface area contributed by atoms with Crippen LogP contribution in [0.15, 0.2) is 48.5 Å². The average Bonchev–Trinajstić information content (AvgIpc) is 2.62. The molecule has 1 amide bonds. The molecule has 0 fully saturated rings. The number of carbonyl (C=O) groups is 1. The summed E-state index contributed by atoms with van der Waals surface area (Å²) in [6.07, 6.45) is 1.10. The Labute approximate surface area is 141 Å². The first-order valence-electron chi connectivity index (χ1n) is 8.14. The summed E-state index contributed by atoms with van der Waals surface area (Å²) in [6.45, 7) is 2.13. The zero-order valence-corrected chi connectivity index (χ0v) is 13.5. The van der Waals surface area contributed by atoms with Gasteiger partial charge in [-0.3, -0.25) is 4.79 Å². The maximum Gasteiger partial charge on any atom is 0.223 e. The Balaban J connectivity index is 1.36. The molecule has 1 heterocycles. The fourth-order valence-corrected chi connectivity index (χ4v) is 2.46. The van der Waals surface area contributed by atoms with Crippen LogP contribution in [-0.2, 0) is 11.2 Å². The Kier molecular flexibility index (Phi) is 5.56. The van der Waals surface area contributed by atoms with E-state index in [9.17, 15) is 4.79 Å². The summed E-state index contributed by atoms with van der Waals surface area (Å²) >= 11 is 0. The van der Waals surface area contributed by atoms with Crippen LogP contribution >= 0.6 is 0 Å². The average molecular weight is 327 g/mol. The largest absolute Gasteiger partial charge is 0.493 e. The van der Waals surface area contributed by atoms with E-state index in [2.05, 4.69) is 5.32 Å². The monoisotopic (exact) mass is 327 g/mol. The van der Waals surface area contributed by atoms with Crippen molar-refractivity contribution in [2.24, 2.45) is 0 Å². The predicted octanol–water partition coefficient (Wildman–Crippen LogP) is 2.59. The Morgan fingerprint density at radius 1 is 1.04 bits per heavy atom. The van der Waals surface area contributed by atoms with Crippen LogP contribution in [0.3, 0.4) is 0 Å². The van der Waals surface area contributed by atoms with E-state index in [0.717, 1.165) is 29.2 Å². The van der Waals surface area contributed by atoms with Gasteiger partial charge in [0, 0.05) is 6.54 Å². The van der Waals surface area contributed by atoms with E-state index < -0.39 is 0 Å². The van der Waals surface area contributed by atoms with E-state index in [0.29, 0.717) is 32.8 Å². The van der Waals surface area contributed by atoms with Crippen LogP contribution in [0.4, 0.5) is 0 Å². The molecule has 1 aliphatic heterocycles. The van der Waals surface area contributed by atoms with Crippen LogP contribution in [0.2, 0.25) is 0 Å². The maximum absolute atomic E-state index is 11.8. The SMILES string of the molecule is O=C(CCOc1ccccc1)NCCc1ccc2c(c1)OCCO2. The van der Waals surface area contributed by atoms with Gasteiger partial charge in [-0.05, 0) is 36.2 Å². The van der Waals surface area contributed by atoms with E-state index in [1.807, 2.05) is 48.5 Å². The first-order valence-corrected chi connectivity index (χ1v) is 8.14. The number of rotatable bonds is 7. The lowest BCUT2D eigenvalue weighted by atomic mass is 10.1. The van der Waals surface area contributed by atoms with Gasteiger partial charge in [-0.2, -0.15) is 0 Å². The number of para-hydroxylation sites is 1. The predicted molar refractivity (Wildman–Crippen MR) is 90.7 cm³/mol. The minimum atomic E-state index is -0.0107. The molecule has 24 heavy (non-hydrogen) atoms. The molecule has 2 aromatic rings. The quantitative estimate of drug-likeness (QED) is 0.849. The van der Waals surface area contributed by atoms with Gasteiger partial charge in [-0.1, -0.05) is 24.3 Å². The highest BCUT2D eigenvalue weighted by atomic mass is 16.6. The fraction of sp³-hybridized carbons (Fsp3) is 0.316. The summed E-state index contributed by atoms with van der Waals surface area (Å²) < 4.78 is 16.6. The van der Waals surface area contributed by atoms with Gasteiger partial charge >= 0.3 is 0 Å². The van der Waals surface area contributed by atoms with E-state index in [1.165, 1.54) is 0 Å². The molecule has 2 aromatic carbocycles. The number of benzene rings is 2. The first kappa shape index (κ1) is 16.2. The van der Waals surface area contributed by atoms with Crippen LogP contribution in [0.1, 0.15) is 12.0 Å². The Morgan fingerprint density at radius 3 is 2.67 bits per heavy atom. The van der Waals surface area contributed by atoms with Crippen molar-refractivity contribution in [3.8, 4) is 17.2 Å². The smallest absolute Gasteiger partial charge is 0.223 e. The van der Waals surface area contributed by atoms with Crippen molar-refractivity contribution in [3.63, 3.8) is 0 Å². The molecule has 0 unspecified atom stereocenters. The van der Waals surface area contributed by atoms with Gasteiger partial charge in [0.15, 0.2) is 11.5 Å². The first-order chi connectivity index (χ1) is 11.8. The van der Waals surface area contributed by atoms with Crippen molar-refractivity contribution < 1.29 is 19.0 Å². The lowest BCUT2D eigenvalue weighted by Gasteiger charge is -2.18. The van der Waals surface area contributed by atoms with Gasteiger partial charge in [0.2, 0.25) is 5.91 Å². The van der Waals surface area contributed by atoms with Gasteiger partial charge < -0.3 is 19.5 Å². The highest BCUT2D eigenvalue weighted by Gasteiger charge is 2.11. The second kappa shape index (κ2) is 8.24. The molecule has 3 rings (SSSR count). The number of nitrogens with one attached hydrogen (secondary N) is 1. The van der Waals surface area contributed by atoms with Crippen molar-refractivity contribution in [2.45, 2.75) is 12.8 Å². The normalized spacial score (nSPS) is 12.5. The van der Waals surface area contributed by atoms with Crippen LogP contribution < -0.4 is 19.5 Å². The minimum Gasteiger partial charge on any atom is -0.493 e. The second-order valence-electron chi connectivity index (χ2n) is 5.49.